The normalized spacial score (nSPS) is 28.4. The second-order valence-electron chi connectivity index (χ2n) is 5.07. The van der Waals surface area contributed by atoms with Crippen LogP contribution in [0.15, 0.2) is 23.9 Å². The van der Waals surface area contributed by atoms with Crippen molar-refractivity contribution in [1.82, 2.24) is 4.90 Å². The Labute approximate surface area is 123 Å². The molecule has 2 N–H and O–H groups in total. The van der Waals surface area contributed by atoms with E-state index < -0.39 is 42.0 Å². The molecular weight excluding hydrogens is 303 g/mol. The van der Waals surface area contributed by atoms with Gasteiger partial charge in [0, 0.05) is 0 Å². The Balaban J connectivity index is 2.04. The minimum absolute atomic E-state index is 0.0386. The van der Waals surface area contributed by atoms with Crippen molar-refractivity contribution in [2.75, 3.05) is 0 Å². The van der Waals surface area contributed by atoms with E-state index in [0.717, 1.165) is 17.0 Å². The summed E-state index contributed by atoms with van der Waals surface area (Å²) in [6.45, 7) is 0. The number of rotatable bonds is 1. The van der Waals surface area contributed by atoms with Crippen LogP contribution in [0.5, 0.6) is 0 Å². The molecule has 2 heterocycles. The van der Waals surface area contributed by atoms with Crippen molar-refractivity contribution >= 4 is 5.91 Å². The zero-order valence-corrected chi connectivity index (χ0v) is 11.2. The number of benzene rings is 1. The van der Waals surface area contributed by atoms with Gasteiger partial charge in [-0.1, -0.05) is 6.08 Å². The summed E-state index contributed by atoms with van der Waals surface area (Å²) in [6, 6.07) is 0.770. The number of hydrogen-bond donors (Lipinski definition) is 2. The largest absolute Gasteiger partial charge is 0.363 e. The molecule has 0 saturated carbocycles. The van der Waals surface area contributed by atoms with Crippen molar-refractivity contribution < 1.29 is 32.9 Å². The molecule has 5 nitrogen and oxygen atoms in total. The SMILES string of the molecule is O=C1C(O)OC(O)C2=CCC[C@@H](c3cc(F)c(F)c(F)c3)N12. The number of amides is 1. The fraction of sp³-hybridized carbons (Fsp3) is 0.357. The van der Waals surface area contributed by atoms with E-state index in [4.69, 9.17) is 0 Å². The van der Waals surface area contributed by atoms with Gasteiger partial charge in [-0.2, -0.15) is 0 Å². The lowest BCUT2D eigenvalue weighted by Gasteiger charge is -2.42. The molecule has 2 unspecified atom stereocenters. The van der Waals surface area contributed by atoms with Gasteiger partial charge < -0.3 is 14.9 Å². The number of aliphatic hydroxyl groups is 2. The van der Waals surface area contributed by atoms with Crippen LogP contribution in [-0.2, 0) is 9.53 Å². The number of aliphatic hydroxyl groups excluding tert-OH is 2. The zero-order chi connectivity index (χ0) is 16.0. The molecule has 1 aromatic carbocycles. The van der Waals surface area contributed by atoms with Crippen molar-refractivity contribution in [1.29, 1.82) is 0 Å². The van der Waals surface area contributed by atoms with E-state index in [-0.39, 0.29) is 11.3 Å². The third-order valence-electron chi connectivity index (χ3n) is 3.73. The Morgan fingerprint density at radius 3 is 2.41 bits per heavy atom. The van der Waals surface area contributed by atoms with Crippen molar-refractivity contribution in [3.8, 4) is 0 Å². The first-order valence-electron chi connectivity index (χ1n) is 6.59. The van der Waals surface area contributed by atoms with Gasteiger partial charge in [0.2, 0.25) is 6.29 Å². The minimum atomic E-state index is -1.87. The van der Waals surface area contributed by atoms with Gasteiger partial charge in [0.05, 0.1) is 11.7 Å². The maximum absolute atomic E-state index is 13.4. The maximum Gasteiger partial charge on any atom is 0.284 e. The van der Waals surface area contributed by atoms with Gasteiger partial charge in [-0.05, 0) is 30.5 Å². The van der Waals surface area contributed by atoms with Crippen LogP contribution in [0.3, 0.4) is 0 Å². The summed E-state index contributed by atoms with van der Waals surface area (Å²) in [5.41, 5.74) is 0.133. The fourth-order valence-electron chi connectivity index (χ4n) is 2.75. The third-order valence-corrected chi connectivity index (χ3v) is 3.73. The van der Waals surface area contributed by atoms with Gasteiger partial charge in [-0.25, -0.2) is 13.2 Å². The Morgan fingerprint density at radius 1 is 1.14 bits per heavy atom. The standard InChI is InChI=1S/C14H12F3NO4/c15-7-4-6(5-8(16)11(7)17)9-2-1-3-10-13(20)22-14(21)12(19)18(9)10/h3-5,9,13-14,20-21H,1-2H2/t9-,13?,14?/m0/s1. The molecule has 1 aromatic rings. The third kappa shape index (κ3) is 2.29. The first kappa shape index (κ1) is 15.0. The Kier molecular flexibility index (Phi) is 3.67. The van der Waals surface area contributed by atoms with E-state index in [1.807, 2.05) is 0 Å². The molecule has 2 aliphatic rings. The molecule has 8 heteroatoms. The van der Waals surface area contributed by atoms with E-state index in [1.54, 1.807) is 6.08 Å². The summed E-state index contributed by atoms with van der Waals surface area (Å²) in [5.74, 6) is -5.18. The number of morpholine rings is 1. The Bertz CT molecular complexity index is 640. The Morgan fingerprint density at radius 2 is 1.77 bits per heavy atom. The molecule has 0 bridgehead atoms. The van der Waals surface area contributed by atoms with Crippen molar-refractivity contribution in [2.24, 2.45) is 0 Å². The average Bonchev–Trinajstić information content (AvgIpc) is 2.49. The van der Waals surface area contributed by atoms with Crippen LogP contribution in [-0.4, -0.2) is 33.6 Å². The summed E-state index contributed by atoms with van der Waals surface area (Å²) in [5, 5.41) is 19.3. The molecule has 1 amide bonds. The quantitative estimate of drug-likeness (QED) is 0.767. The van der Waals surface area contributed by atoms with E-state index in [9.17, 15) is 28.2 Å². The lowest BCUT2D eigenvalue weighted by atomic mass is 9.94. The Hall–Kier alpha value is -1.90. The first-order chi connectivity index (χ1) is 10.4. The molecule has 1 fully saturated rings. The fourth-order valence-corrected chi connectivity index (χ4v) is 2.75. The van der Waals surface area contributed by atoms with Crippen LogP contribution >= 0.6 is 0 Å². The molecule has 22 heavy (non-hydrogen) atoms. The van der Waals surface area contributed by atoms with Crippen molar-refractivity contribution in [3.05, 3.63) is 46.9 Å². The molecule has 118 valence electrons. The van der Waals surface area contributed by atoms with Crippen LogP contribution in [0.1, 0.15) is 24.4 Å². The molecule has 3 atom stereocenters. The minimum Gasteiger partial charge on any atom is -0.363 e. The summed E-state index contributed by atoms with van der Waals surface area (Å²) >= 11 is 0. The number of carbonyl (C=O) groups excluding carboxylic acids is 1. The number of carbonyl (C=O) groups is 1. The van der Waals surface area contributed by atoms with Gasteiger partial charge in [-0.15, -0.1) is 0 Å². The molecule has 0 aromatic heterocycles. The summed E-state index contributed by atoms with van der Waals surface area (Å²) in [6.07, 6.45) is -1.13. The zero-order valence-electron chi connectivity index (χ0n) is 11.2. The van der Waals surface area contributed by atoms with E-state index >= 15 is 0 Å². The summed E-state index contributed by atoms with van der Waals surface area (Å²) in [4.78, 5) is 13.1. The number of fused-ring (bicyclic) bond motifs is 1. The highest BCUT2D eigenvalue weighted by molar-refractivity contribution is 5.83. The first-order valence-corrected chi connectivity index (χ1v) is 6.59. The second-order valence-corrected chi connectivity index (χ2v) is 5.07. The van der Waals surface area contributed by atoms with E-state index in [2.05, 4.69) is 4.74 Å². The number of allylic oxidation sites excluding steroid dienone is 1. The molecular formula is C14H12F3NO4. The maximum atomic E-state index is 13.4. The van der Waals surface area contributed by atoms with Gasteiger partial charge in [0.25, 0.3) is 5.91 Å². The van der Waals surface area contributed by atoms with E-state index in [0.29, 0.717) is 12.8 Å². The topological polar surface area (TPSA) is 70.0 Å². The number of ether oxygens (including phenoxy) is 1. The monoisotopic (exact) mass is 315 g/mol. The molecule has 0 aliphatic carbocycles. The van der Waals surface area contributed by atoms with Crippen LogP contribution in [0.2, 0.25) is 0 Å². The summed E-state index contributed by atoms with van der Waals surface area (Å²) in [7, 11) is 0. The highest BCUT2D eigenvalue weighted by Gasteiger charge is 2.43. The van der Waals surface area contributed by atoms with Crippen LogP contribution in [0.4, 0.5) is 13.2 Å². The highest BCUT2D eigenvalue weighted by atomic mass is 19.2. The molecule has 0 spiro atoms. The van der Waals surface area contributed by atoms with Gasteiger partial charge in [0.15, 0.2) is 23.7 Å². The number of hydrogen-bond acceptors (Lipinski definition) is 4. The average molecular weight is 315 g/mol. The van der Waals surface area contributed by atoms with E-state index in [1.165, 1.54) is 0 Å². The van der Waals surface area contributed by atoms with Crippen LogP contribution in [0.25, 0.3) is 0 Å². The molecule has 0 radical (unpaired) electrons. The molecule has 2 aliphatic heterocycles. The number of nitrogens with zero attached hydrogens (tertiary/aromatic N) is 1. The second kappa shape index (κ2) is 5.38. The predicted octanol–water partition coefficient (Wildman–Crippen LogP) is 1.32. The van der Waals surface area contributed by atoms with Gasteiger partial charge in [-0.3, -0.25) is 9.69 Å². The van der Waals surface area contributed by atoms with Crippen LogP contribution < -0.4 is 0 Å². The molecule has 1 saturated heterocycles. The highest BCUT2D eigenvalue weighted by Crippen LogP contribution is 2.38. The lowest BCUT2D eigenvalue weighted by molar-refractivity contribution is -0.230. The number of halogens is 3. The smallest absolute Gasteiger partial charge is 0.284 e. The van der Waals surface area contributed by atoms with Crippen LogP contribution in [0, 0.1) is 17.5 Å². The van der Waals surface area contributed by atoms with Gasteiger partial charge >= 0.3 is 0 Å². The lowest BCUT2D eigenvalue weighted by Crippen LogP contribution is -2.52. The van der Waals surface area contributed by atoms with Crippen molar-refractivity contribution in [3.63, 3.8) is 0 Å². The van der Waals surface area contributed by atoms with Gasteiger partial charge in [0.1, 0.15) is 0 Å². The molecule has 3 rings (SSSR count). The van der Waals surface area contributed by atoms with Crippen molar-refractivity contribution in [2.45, 2.75) is 31.5 Å². The summed E-state index contributed by atoms with van der Waals surface area (Å²) < 4.78 is 44.6. The predicted molar refractivity (Wildman–Crippen MR) is 66.3 cm³/mol.